The number of rotatable bonds is 8. The Morgan fingerprint density at radius 2 is 1.83 bits per heavy atom. The lowest BCUT2D eigenvalue weighted by atomic mass is 9.81. The van der Waals surface area contributed by atoms with Gasteiger partial charge in [-0.3, -0.25) is 14.4 Å². The Balaban J connectivity index is 1.73. The summed E-state index contributed by atoms with van der Waals surface area (Å²) < 4.78 is 11.0. The monoisotopic (exact) mass is 474 g/mol. The number of aliphatic hydroxyl groups excluding tert-OH is 1. The Morgan fingerprint density at radius 3 is 2.57 bits per heavy atom. The first-order valence-electron chi connectivity index (χ1n) is 11.7. The maximum atomic E-state index is 14.2. The number of methoxy groups -OCH3 is 1. The molecule has 8 nitrogen and oxygen atoms in total. The van der Waals surface area contributed by atoms with Crippen LogP contribution in [0.1, 0.15) is 35.9 Å². The third-order valence-corrected chi connectivity index (χ3v) is 6.72. The molecule has 1 spiro atoms. The molecule has 0 fully saturated rings. The van der Waals surface area contributed by atoms with E-state index in [1.165, 1.54) is 12.0 Å². The number of amides is 2. The van der Waals surface area contributed by atoms with Crippen LogP contribution in [0.4, 0.5) is 5.69 Å². The van der Waals surface area contributed by atoms with Crippen LogP contribution in [0.25, 0.3) is 11.0 Å². The van der Waals surface area contributed by atoms with Gasteiger partial charge >= 0.3 is 0 Å². The minimum atomic E-state index is -1.81. The second-order valence-electron chi connectivity index (χ2n) is 8.69. The molecule has 35 heavy (non-hydrogen) atoms. The molecule has 0 saturated heterocycles. The highest BCUT2D eigenvalue weighted by molar-refractivity contribution is 6.26. The number of Topliss-reactive ketones (excluding diaryl/α,β-unsaturated/α-hetero) is 1. The Labute approximate surface area is 202 Å². The van der Waals surface area contributed by atoms with E-state index in [1.54, 1.807) is 47.4 Å². The Morgan fingerprint density at radius 1 is 1.09 bits per heavy atom. The van der Waals surface area contributed by atoms with Crippen LogP contribution >= 0.6 is 0 Å². The number of carbonyl (C=O) groups is 3. The normalized spacial score (nSPS) is 19.5. The molecule has 1 aromatic heterocycles. The Kier molecular flexibility index (Phi) is 5.68. The standard InChI is InChI=1S/C27H26N2O6/c1-3-4-13-28-19-11-7-6-10-18(19)27(26(28)33)22(24(31)25(32)29(27)14-15-34-2)23(30)21-16-17-9-5-8-12-20(17)35-21/h5-12,16,31H,3-4,13-15H2,1-2H3. The summed E-state index contributed by atoms with van der Waals surface area (Å²) in [5.41, 5.74) is -0.498. The zero-order valence-corrected chi connectivity index (χ0v) is 19.6. The van der Waals surface area contributed by atoms with Crippen molar-refractivity contribution in [2.24, 2.45) is 0 Å². The van der Waals surface area contributed by atoms with Crippen molar-refractivity contribution in [2.75, 3.05) is 31.7 Å². The molecule has 1 N–H and O–H groups in total. The van der Waals surface area contributed by atoms with Gasteiger partial charge in [-0.1, -0.05) is 49.7 Å². The van der Waals surface area contributed by atoms with Crippen LogP contribution in [0, 0.1) is 0 Å². The predicted molar refractivity (Wildman–Crippen MR) is 129 cm³/mol. The van der Waals surface area contributed by atoms with Crippen molar-refractivity contribution in [1.29, 1.82) is 0 Å². The fraction of sp³-hybridized carbons (Fsp3) is 0.296. The zero-order valence-electron chi connectivity index (χ0n) is 19.6. The van der Waals surface area contributed by atoms with Gasteiger partial charge in [0.1, 0.15) is 5.58 Å². The number of aliphatic hydroxyl groups is 1. The predicted octanol–water partition coefficient (Wildman–Crippen LogP) is 3.96. The van der Waals surface area contributed by atoms with Gasteiger partial charge < -0.3 is 24.1 Å². The third kappa shape index (κ3) is 3.20. The van der Waals surface area contributed by atoms with Crippen molar-refractivity contribution in [2.45, 2.75) is 25.3 Å². The minimum Gasteiger partial charge on any atom is -0.503 e. The molecule has 2 aromatic carbocycles. The molecule has 5 rings (SSSR count). The van der Waals surface area contributed by atoms with Gasteiger partial charge in [0.25, 0.3) is 11.8 Å². The number of unbranched alkanes of at least 4 members (excludes halogenated alkanes) is 1. The smallest absolute Gasteiger partial charge is 0.290 e. The first-order valence-corrected chi connectivity index (χ1v) is 11.7. The lowest BCUT2D eigenvalue weighted by Gasteiger charge is -2.35. The van der Waals surface area contributed by atoms with Crippen molar-refractivity contribution in [3.05, 3.63) is 77.3 Å². The van der Waals surface area contributed by atoms with E-state index < -0.39 is 28.9 Å². The van der Waals surface area contributed by atoms with Crippen molar-refractivity contribution in [3.8, 4) is 0 Å². The zero-order chi connectivity index (χ0) is 24.7. The van der Waals surface area contributed by atoms with Crippen LogP contribution in [0.3, 0.4) is 0 Å². The van der Waals surface area contributed by atoms with E-state index >= 15 is 0 Å². The van der Waals surface area contributed by atoms with Gasteiger partial charge in [0.2, 0.25) is 5.78 Å². The van der Waals surface area contributed by atoms with Gasteiger partial charge in [-0.05, 0) is 24.6 Å². The fourth-order valence-corrected chi connectivity index (χ4v) is 5.11. The van der Waals surface area contributed by atoms with Crippen LogP contribution in [0.2, 0.25) is 0 Å². The molecule has 0 bridgehead atoms. The van der Waals surface area contributed by atoms with Crippen molar-refractivity contribution in [3.63, 3.8) is 0 Å². The SMILES string of the molecule is CCCCN1C(=O)C2(C(C(=O)c3cc4ccccc4o3)=C(O)C(=O)N2CCOC)c2ccccc21. The van der Waals surface area contributed by atoms with Crippen LogP contribution in [-0.2, 0) is 19.9 Å². The van der Waals surface area contributed by atoms with E-state index in [1.807, 2.05) is 19.1 Å². The van der Waals surface area contributed by atoms with Gasteiger partial charge in [0.15, 0.2) is 17.1 Å². The molecule has 3 aromatic rings. The molecule has 0 aliphatic carbocycles. The maximum absolute atomic E-state index is 14.2. The highest BCUT2D eigenvalue weighted by atomic mass is 16.5. The Hall–Kier alpha value is -3.91. The summed E-state index contributed by atoms with van der Waals surface area (Å²) >= 11 is 0. The highest BCUT2D eigenvalue weighted by Gasteiger charge is 2.65. The van der Waals surface area contributed by atoms with Gasteiger partial charge in [0, 0.05) is 31.1 Å². The highest BCUT2D eigenvalue weighted by Crippen LogP contribution is 2.53. The van der Waals surface area contributed by atoms with Gasteiger partial charge in [-0.15, -0.1) is 0 Å². The Bertz CT molecular complexity index is 1340. The number of para-hydroxylation sites is 2. The number of benzene rings is 2. The molecule has 2 amide bonds. The van der Waals surface area contributed by atoms with Crippen LogP contribution in [0.5, 0.6) is 0 Å². The number of nitrogens with zero attached hydrogens (tertiary/aromatic N) is 2. The molecule has 2 aliphatic heterocycles. The average Bonchev–Trinajstić information content (AvgIpc) is 3.48. The number of carbonyl (C=O) groups excluding carboxylic acids is 3. The summed E-state index contributed by atoms with van der Waals surface area (Å²) in [6, 6.07) is 15.8. The molecular weight excluding hydrogens is 448 g/mol. The number of hydrogen-bond acceptors (Lipinski definition) is 6. The summed E-state index contributed by atoms with van der Waals surface area (Å²) in [6.07, 6.45) is 1.60. The van der Waals surface area contributed by atoms with Crippen molar-refractivity contribution >= 4 is 34.3 Å². The molecule has 0 saturated carbocycles. The van der Waals surface area contributed by atoms with Crippen LogP contribution in [-0.4, -0.2) is 54.4 Å². The van der Waals surface area contributed by atoms with E-state index in [0.29, 0.717) is 28.8 Å². The quantitative estimate of drug-likeness (QED) is 0.496. The minimum absolute atomic E-state index is 0.0119. The summed E-state index contributed by atoms with van der Waals surface area (Å²) in [5.74, 6) is -2.73. The molecule has 2 aliphatic rings. The molecule has 1 atom stereocenters. The summed E-state index contributed by atoms with van der Waals surface area (Å²) in [4.78, 5) is 44.4. The first kappa shape index (κ1) is 22.9. The fourth-order valence-electron chi connectivity index (χ4n) is 5.11. The number of anilines is 1. The number of hydrogen-bond donors (Lipinski definition) is 1. The average molecular weight is 475 g/mol. The lowest BCUT2D eigenvalue weighted by molar-refractivity contribution is -0.140. The van der Waals surface area contributed by atoms with Crippen LogP contribution < -0.4 is 4.90 Å². The van der Waals surface area contributed by atoms with E-state index in [0.717, 1.165) is 12.8 Å². The molecule has 8 heteroatoms. The maximum Gasteiger partial charge on any atom is 0.290 e. The topological polar surface area (TPSA) is 100 Å². The van der Waals surface area contributed by atoms with Crippen molar-refractivity contribution < 1.29 is 28.6 Å². The van der Waals surface area contributed by atoms with Crippen molar-refractivity contribution in [1.82, 2.24) is 4.90 Å². The lowest BCUT2D eigenvalue weighted by Crippen LogP contribution is -2.55. The van der Waals surface area contributed by atoms with E-state index in [4.69, 9.17) is 9.15 Å². The van der Waals surface area contributed by atoms with E-state index in [2.05, 4.69) is 0 Å². The second kappa shape index (κ2) is 8.70. The second-order valence-corrected chi connectivity index (χ2v) is 8.69. The largest absolute Gasteiger partial charge is 0.503 e. The number of ketones is 1. The molecule has 1 unspecified atom stereocenters. The molecule has 180 valence electrons. The summed E-state index contributed by atoms with van der Waals surface area (Å²) in [6.45, 7) is 2.58. The first-order chi connectivity index (χ1) is 17.0. The summed E-state index contributed by atoms with van der Waals surface area (Å²) in [5, 5.41) is 11.8. The molecule has 3 heterocycles. The number of ether oxygens (including phenoxy) is 1. The number of furan rings is 1. The van der Waals surface area contributed by atoms with Crippen LogP contribution in [0.15, 0.2) is 70.3 Å². The van der Waals surface area contributed by atoms with Gasteiger partial charge in [-0.2, -0.15) is 0 Å². The van der Waals surface area contributed by atoms with E-state index in [9.17, 15) is 19.5 Å². The number of fused-ring (bicyclic) bond motifs is 3. The summed E-state index contributed by atoms with van der Waals surface area (Å²) in [7, 11) is 1.49. The molecular formula is C27H26N2O6. The van der Waals surface area contributed by atoms with Gasteiger partial charge in [-0.25, -0.2) is 0 Å². The molecule has 0 radical (unpaired) electrons. The van der Waals surface area contributed by atoms with E-state index in [-0.39, 0.29) is 24.5 Å². The van der Waals surface area contributed by atoms with Gasteiger partial charge in [0.05, 0.1) is 17.9 Å². The third-order valence-electron chi connectivity index (χ3n) is 6.72.